The molecule has 3 amide bonds. The number of aliphatic hydroxyl groups is 1. The third-order valence-electron chi connectivity index (χ3n) is 6.75. The van der Waals surface area contributed by atoms with Gasteiger partial charge in [-0.25, -0.2) is 4.79 Å². The first-order valence-electron chi connectivity index (χ1n) is 13.5. The smallest absolute Gasteiger partial charge is 0.326 e. The Morgan fingerprint density at radius 1 is 0.805 bits per heavy atom. The van der Waals surface area contributed by atoms with Gasteiger partial charge in [-0.1, -0.05) is 55.0 Å². The summed E-state index contributed by atoms with van der Waals surface area (Å²) in [6, 6.07) is 11.5. The topological polar surface area (TPSA) is 213 Å². The third-order valence-corrected chi connectivity index (χ3v) is 6.75. The maximum Gasteiger partial charge on any atom is 0.326 e. The average Bonchev–Trinajstić information content (AvgIpc) is 3.38. The van der Waals surface area contributed by atoms with Crippen LogP contribution in [-0.4, -0.2) is 76.2 Å². The molecule has 12 nitrogen and oxygen atoms in total. The van der Waals surface area contributed by atoms with E-state index in [1.54, 1.807) is 36.5 Å². The minimum Gasteiger partial charge on any atom is -0.480 e. The van der Waals surface area contributed by atoms with Gasteiger partial charge in [0.25, 0.3) is 0 Å². The number of unbranched alkanes of at least 4 members (excludes halogenated alkanes) is 1. The standard InChI is InChI=1S/C29H38N6O6/c30-13-7-6-11-21(31)26(37)35-25(17-36)28(39)33-23(15-19-16-32-22-12-5-4-10-20(19)22)27(38)34-24(29(40)41)14-18-8-2-1-3-9-18/h1-5,8-10,12,16,21,23-25,32,36H,6-7,11,13-15,17,30-31H2,(H,33,39)(H,34,38)(H,35,37)(H,40,41). The van der Waals surface area contributed by atoms with Crippen LogP contribution in [0.2, 0.25) is 0 Å². The number of aliphatic hydroxyl groups excluding tert-OH is 1. The third kappa shape index (κ3) is 9.13. The molecule has 1 aromatic heterocycles. The van der Waals surface area contributed by atoms with Crippen LogP contribution >= 0.6 is 0 Å². The second-order valence-corrected chi connectivity index (χ2v) is 9.85. The van der Waals surface area contributed by atoms with Gasteiger partial charge in [0.1, 0.15) is 18.1 Å². The highest BCUT2D eigenvalue weighted by molar-refractivity contribution is 5.95. The van der Waals surface area contributed by atoms with Crippen LogP contribution in [0.25, 0.3) is 10.9 Å². The lowest BCUT2D eigenvalue weighted by Gasteiger charge is -2.24. The number of aromatic amines is 1. The molecule has 3 rings (SSSR count). The van der Waals surface area contributed by atoms with Crippen LogP contribution < -0.4 is 27.4 Å². The number of rotatable bonds is 16. The Bertz CT molecular complexity index is 1310. The summed E-state index contributed by atoms with van der Waals surface area (Å²) in [6.07, 6.45) is 3.43. The molecule has 0 fully saturated rings. The van der Waals surface area contributed by atoms with Crippen molar-refractivity contribution in [3.8, 4) is 0 Å². The summed E-state index contributed by atoms with van der Waals surface area (Å²) in [6.45, 7) is -0.274. The molecule has 1 heterocycles. The predicted molar refractivity (Wildman–Crippen MR) is 154 cm³/mol. The van der Waals surface area contributed by atoms with E-state index in [1.807, 2.05) is 24.3 Å². The summed E-state index contributed by atoms with van der Waals surface area (Å²) in [7, 11) is 0. The van der Waals surface area contributed by atoms with Crippen molar-refractivity contribution >= 4 is 34.6 Å². The number of nitrogens with one attached hydrogen (secondary N) is 4. The Balaban J connectivity index is 1.78. The van der Waals surface area contributed by atoms with Gasteiger partial charge in [0.15, 0.2) is 0 Å². The fraction of sp³-hybridized carbons (Fsp3) is 0.379. The lowest BCUT2D eigenvalue weighted by Crippen LogP contribution is -2.58. The second kappa shape index (κ2) is 15.5. The molecule has 0 spiro atoms. The molecule has 4 unspecified atom stereocenters. The normalized spacial score (nSPS) is 14.0. The SMILES string of the molecule is NCCCCC(N)C(=O)NC(CO)C(=O)NC(Cc1c[nH]c2ccccc12)C(=O)NC(Cc1ccccc1)C(=O)O. The molecule has 0 aliphatic rings. The quantitative estimate of drug-likeness (QED) is 0.110. The monoisotopic (exact) mass is 566 g/mol. The lowest BCUT2D eigenvalue weighted by atomic mass is 10.0. The van der Waals surface area contributed by atoms with Crippen LogP contribution in [0, 0.1) is 0 Å². The number of hydrogen-bond donors (Lipinski definition) is 8. The molecule has 0 saturated heterocycles. The van der Waals surface area contributed by atoms with E-state index in [4.69, 9.17) is 11.5 Å². The molecule has 0 bridgehead atoms. The van der Waals surface area contributed by atoms with Gasteiger partial charge >= 0.3 is 5.97 Å². The van der Waals surface area contributed by atoms with Gasteiger partial charge in [0.05, 0.1) is 12.6 Å². The number of carbonyl (C=O) groups excluding carboxylic acids is 3. The van der Waals surface area contributed by atoms with Crippen molar-refractivity contribution < 1.29 is 29.4 Å². The molecule has 10 N–H and O–H groups in total. The molecule has 12 heteroatoms. The van der Waals surface area contributed by atoms with E-state index in [-0.39, 0.29) is 12.8 Å². The number of H-pyrrole nitrogens is 1. The highest BCUT2D eigenvalue weighted by atomic mass is 16.4. The van der Waals surface area contributed by atoms with Crippen molar-refractivity contribution in [2.45, 2.75) is 56.3 Å². The van der Waals surface area contributed by atoms with Gasteiger partial charge in [-0.15, -0.1) is 0 Å². The number of fused-ring (bicyclic) bond motifs is 1. The molecule has 0 radical (unpaired) electrons. The Morgan fingerprint density at radius 2 is 1.44 bits per heavy atom. The highest BCUT2D eigenvalue weighted by Crippen LogP contribution is 2.19. The first kappa shape index (κ1) is 31.3. The Labute approximate surface area is 237 Å². The average molecular weight is 567 g/mol. The van der Waals surface area contributed by atoms with E-state index in [9.17, 15) is 29.4 Å². The fourth-order valence-corrected chi connectivity index (χ4v) is 4.44. The van der Waals surface area contributed by atoms with Gasteiger partial charge in [-0.2, -0.15) is 0 Å². The zero-order valence-electron chi connectivity index (χ0n) is 22.7. The summed E-state index contributed by atoms with van der Waals surface area (Å²) in [5, 5.41) is 28.0. The van der Waals surface area contributed by atoms with Gasteiger partial charge in [-0.05, 0) is 36.6 Å². The summed E-state index contributed by atoms with van der Waals surface area (Å²) in [5.41, 5.74) is 13.6. The van der Waals surface area contributed by atoms with Gasteiger partial charge < -0.3 is 42.6 Å². The highest BCUT2D eigenvalue weighted by Gasteiger charge is 2.31. The Kier molecular flexibility index (Phi) is 11.8. The van der Waals surface area contributed by atoms with Crippen molar-refractivity contribution in [1.82, 2.24) is 20.9 Å². The van der Waals surface area contributed by atoms with E-state index >= 15 is 0 Å². The molecule has 3 aromatic rings. The number of carboxylic acid groups (broad SMARTS) is 1. The van der Waals surface area contributed by atoms with Crippen LogP contribution in [0.3, 0.4) is 0 Å². The first-order chi connectivity index (χ1) is 19.7. The summed E-state index contributed by atoms with van der Waals surface area (Å²) < 4.78 is 0. The zero-order valence-corrected chi connectivity index (χ0v) is 22.7. The number of aromatic nitrogens is 1. The lowest BCUT2D eigenvalue weighted by molar-refractivity contribution is -0.142. The maximum absolute atomic E-state index is 13.5. The maximum atomic E-state index is 13.5. The van der Waals surface area contributed by atoms with Crippen LogP contribution in [0.4, 0.5) is 0 Å². The molecular formula is C29H38N6O6. The molecular weight excluding hydrogens is 528 g/mol. The van der Waals surface area contributed by atoms with E-state index < -0.39 is 54.5 Å². The number of hydrogen-bond acceptors (Lipinski definition) is 7. The Hall–Kier alpha value is -4.26. The van der Waals surface area contributed by atoms with Crippen LogP contribution in [0.15, 0.2) is 60.8 Å². The van der Waals surface area contributed by atoms with Crippen LogP contribution in [-0.2, 0) is 32.0 Å². The Morgan fingerprint density at radius 3 is 2.12 bits per heavy atom. The molecule has 0 saturated carbocycles. The van der Waals surface area contributed by atoms with E-state index in [2.05, 4.69) is 20.9 Å². The number of nitrogens with two attached hydrogens (primary N) is 2. The molecule has 220 valence electrons. The number of aliphatic carboxylic acids is 1. The van der Waals surface area contributed by atoms with Gasteiger partial charge in [0, 0.05) is 29.9 Å². The largest absolute Gasteiger partial charge is 0.480 e. The second-order valence-electron chi connectivity index (χ2n) is 9.85. The number of amides is 3. The molecule has 4 atom stereocenters. The van der Waals surface area contributed by atoms with E-state index in [0.29, 0.717) is 36.9 Å². The van der Waals surface area contributed by atoms with Crippen molar-refractivity contribution in [2.75, 3.05) is 13.2 Å². The number of benzene rings is 2. The van der Waals surface area contributed by atoms with Crippen LogP contribution in [0.5, 0.6) is 0 Å². The van der Waals surface area contributed by atoms with E-state index in [0.717, 1.165) is 10.9 Å². The minimum absolute atomic E-state index is 0.0178. The predicted octanol–water partition coefficient (Wildman–Crippen LogP) is -0.0593. The number of carboxylic acids is 1. The van der Waals surface area contributed by atoms with Crippen molar-refractivity contribution in [1.29, 1.82) is 0 Å². The molecule has 41 heavy (non-hydrogen) atoms. The fourth-order valence-electron chi connectivity index (χ4n) is 4.44. The van der Waals surface area contributed by atoms with Crippen molar-refractivity contribution in [3.63, 3.8) is 0 Å². The number of para-hydroxylation sites is 1. The minimum atomic E-state index is -1.37. The van der Waals surface area contributed by atoms with Crippen molar-refractivity contribution in [3.05, 3.63) is 71.9 Å². The zero-order chi connectivity index (χ0) is 29.8. The van der Waals surface area contributed by atoms with Gasteiger partial charge in [0.2, 0.25) is 17.7 Å². The first-order valence-corrected chi connectivity index (χ1v) is 13.5. The molecule has 0 aliphatic heterocycles. The van der Waals surface area contributed by atoms with Crippen molar-refractivity contribution in [2.24, 2.45) is 11.5 Å². The van der Waals surface area contributed by atoms with Gasteiger partial charge in [-0.3, -0.25) is 14.4 Å². The summed E-state index contributed by atoms with van der Waals surface area (Å²) in [5.74, 6) is -3.40. The summed E-state index contributed by atoms with van der Waals surface area (Å²) in [4.78, 5) is 54.3. The molecule has 2 aromatic carbocycles. The van der Waals surface area contributed by atoms with Crippen LogP contribution in [0.1, 0.15) is 30.4 Å². The molecule has 0 aliphatic carbocycles. The number of carbonyl (C=O) groups is 4. The summed E-state index contributed by atoms with van der Waals surface area (Å²) >= 11 is 0. The van der Waals surface area contributed by atoms with E-state index in [1.165, 1.54) is 0 Å².